The normalized spacial score (nSPS) is 22.3. The van der Waals surface area contributed by atoms with Gasteiger partial charge in [0, 0.05) is 53.1 Å². The average Bonchev–Trinajstić information content (AvgIpc) is 3.91. The van der Waals surface area contributed by atoms with E-state index in [2.05, 4.69) is 108 Å². The van der Waals surface area contributed by atoms with Crippen molar-refractivity contribution < 1.29 is 18.9 Å². The van der Waals surface area contributed by atoms with Gasteiger partial charge in [-0.2, -0.15) is 4.98 Å². The molecule has 6 heterocycles. The number of fused-ring (bicyclic) bond motifs is 3. The Bertz CT molecular complexity index is 2710. The maximum absolute atomic E-state index is 13.0. The summed E-state index contributed by atoms with van der Waals surface area (Å²) in [4.78, 5) is 59.6. The first-order chi connectivity index (χ1) is 30.3. The molecule has 3 N–H and O–H groups in total. The number of imide groups is 1. The summed E-state index contributed by atoms with van der Waals surface area (Å²) < 4.78 is 5.27. The number of carbonyl (C=O) groups is 3. The van der Waals surface area contributed by atoms with Crippen LogP contribution in [0, 0.1) is 12.3 Å². The highest BCUT2D eigenvalue weighted by Gasteiger charge is 2.42. The Morgan fingerprint density at radius 2 is 1.65 bits per heavy atom. The molecule has 0 unspecified atom stereocenters. The number of piperidine rings is 3. The summed E-state index contributed by atoms with van der Waals surface area (Å²) in [6.45, 7) is 14.4. The van der Waals surface area contributed by atoms with Crippen molar-refractivity contribution >= 4 is 45.3 Å². The van der Waals surface area contributed by atoms with Crippen molar-refractivity contribution in [3.8, 4) is 11.3 Å². The topological polar surface area (TPSA) is 162 Å². The number of carbonyl (C=O) groups excluding carboxylic acids is 3. The second-order valence-electron chi connectivity index (χ2n) is 19.8. The zero-order chi connectivity index (χ0) is 43.6. The standard InChI is InChI=1S/C50H57N9O4/c1-29-24-33(10-12-37(29)30(2)53-46(62)47-56-48(57-63-47)49(3,4)5)43-42-39-13-11-35(27-40(39)54-44(42)52-28-51-43)58-20-16-50(17-21-58)18-22-59(23-19-50)36-25-34(26-36)31-6-8-32(9-7-31)38-14-15-41(60)55-45(38)61/h6-13,24,27-28,30,34,36,38H,14-23,25-26H2,1-5H3,(H,53,62)(H,51,52,54)(H,55,60,61)/t30-,34-,36-,38+/m1/s1. The number of aryl methyl sites for hydroxylation is 1. The van der Waals surface area contributed by atoms with Crippen molar-refractivity contribution in [3.63, 3.8) is 0 Å². The van der Waals surface area contributed by atoms with E-state index in [4.69, 9.17) is 9.51 Å². The Morgan fingerprint density at radius 1 is 0.921 bits per heavy atom. The molecule has 10 rings (SSSR count). The number of nitrogens with zero attached hydrogens (tertiary/aromatic N) is 6. The fourth-order valence-electron chi connectivity index (χ4n) is 10.7. The number of amides is 3. The minimum absolute atomic E-state index is 0.0392. The first kappa shape index (κ1) is 41.1. The first-order valence-corrected chi connectivity index (χ1v) is 22.8. The molecule has 0 bridgehead atoms. The van der Waals surface area contributed by atoms with Gasteiger partial charge in [0.15, 0.2) is 5.82 Å². The van der Waals surface area contributed by atoms with Crippen LogP contribution in [-0.2, 0) is 15.0 Å². The van der Waals surface area contributed by atoms with Crippen molar-refractivity contribution in [2.75, 3.05) is 31.1 Å². The van der Waals surface area contributed by atoms with Gasteiger partial charge in [-0.15, -0.1) is 0 Å². The number of benzene rings is 3. The lowest BCUT2D eigenvalue weighted by molar-refractivity contribution is -0.134. The maximum atomic E-state index is 13.0. The van der Waals surface area contributed by atoms with Crippen LogP contribution in [0.25, 0.3) is 33.2 Å². The van der Waals surface area contributed by atoms with Gasteiger partial charge < -0.3 is 24.6 Å². The number of hydrogen-bond donors (Lipinski definition) is 3. The molecule has 13 heteroatoms. The van der Waals surface area contributed by atoms with E-state index in [1.165, 1.54) is 62.9 Å². The first-order valence-electron chi connectivity index (χ1n) is 22.8. The number of nitrogens with one attached hydrogen (secondary N) is 3. The largest absolute Gasteiger partial charge is 0.371 e. The molecule has 3 aromatic heterocycles. The van der Waals surface area contributed by atoms with Crippen LogP contribution < -0.4 is 15.5 Å². The van der Waals surface area contributed by atoms with Gasteiger partial charge in [0.2, 0.25) is 11.8 Å². The summed E-state index contributed by atoms with van der Waals surface area (Å²) >= 11 is 0. The molecule has 6 aromatic rings. The van der Waals surface area contributed by atoms with Crippen molar-refractivity contribution in [1.29, 1.82) is 0 Å². The van der Waals surface area contributed by atoms with Gasteiger partial charge in [0.1, 0.15) is 12.0 Å². The highest BCUT2D eigenvalue weighted by Crippen LogP contribution is 2.47. The maximum Gasteiger partial charge on any atom is 0.315 e. The summed E-state index contributed by atoms with van der Waals surface area (Å²) in [6, 6.07) is 22.0. The number of H-pyrrole nitrogens is 1. The van der Waals surface area contributed by atoms with Crippen molar-refractivity contribution in [1.82, 2.24) is 40.6 Å². The van der Waals surface area contributed by atoms with Crippen molar-refractivity contribution in [3.05, 3.63) is 101 Å². The number of aromatic amines is 1. The third kappa shape index (κ3) is 7.89. The van der Waals surface area contributed by atoms with Gasteiger partial charge >= 0.3 is 11.8 Å². The Kier molecular flexibility index (Phi) is 10.4. The van der Waals surface area contributed by atoms with Gasteiger partial charge in [-0.1, -0.05) is 68.4 Å². The number of hydrogen-bond acceptors (Lipinski definition) is 10. The van der Waals surface area contributed by atoms with Crippen molar-refractivity contribution in [2.24, 2.45) is 5.41 Å². The third-order valence-corrected chi connectivity index (χ3v) is 14.7. The second kappa shape index (κ2) is 16.0. The minimum atomic E-state index is -0.399. The van der Waals surface area contributed by atoms with Crippen LogP contribution in [0.3, 0.4) is 0 Å². The van der Waals surface area contributed by atoms with Crippen LogP contribution in [-0.4, -0.2) is 79.9 Å². The van der Waals surface area contributed by atoms with E-state index in [-0.39, 0.29) is 35.1 Å². The number of aromatic nitrogens is 5. The molecule has 4 fully saturated rings. The van der Waals surface area contributed by atoms with E-state index in [1.54, 1.807) is 6.33 Å². The summed E-state index contributed by atoms with van der Waals surface area (Å²) in [5.74, 6) is 0.0827. The molecule has 1 aliphatic carbocycles. The molecule has 326 valence electrons. The lowest BCUT2D eigenvalue weighted by Gasteiger charge is -2.51. The highest BCUT2D eigenvalue weighted by molar-refractivity contribution is 6.12. The average molecular weight is 848 g/mol. The minimum Gasteiger partial charge on any atom is -0.371 e. The van der Waals surface area contributed by atoms with Crippen LogP contribution in [0.1, 0.15) is 136 Å². The molecule has 13 nitrogen and oxygen atoms in total. The molecule has 2 atom stereocenters. The molecular formula is C50H57N9O4. The van der Waals surface area contributed by atoms with E-state index in [0.717, 1.165) is 63.0 Å². The summed E-state index contributed by atoms with van der Waals surface area (Å²) in [6.07, 6.45) is 10.0. The lowest BCUT2D eigenvalue weighted by atomic mass is 9.69. The molecule has 0 radical (unpaired) electrons. The predicted molar refractivity (Wildman–Crippen MR) is 242 cm³/mol. The van der Waals surface area contributed by atoms with Gasteiger partial charge in [0.05, 0.1) is 23.0 Å². The Balaban J connectivity index is 0.745. The van der Waals surface area contributed by atoms with Gasteiger partial charge in [0.25, 0.3) is 0 Å². The van der Waals surface area contributed by atoms with Crippen LogP contribution in [0.15, 0.2) is 71.5 Å². The molecule has 3 amide bonds. The molecule has 63 heavy (non-hydrogen) atoms. The van der Waals surface area contributed by atoms with Gasteiger partial charge in [-0.3, -0.25) is 19.7 Å². The number of likely N-dealkylation sites (tertiary alicyclic amines) is 1. The Labute approximate surface area is 367 Å². The fraction of sp³-hybridized carbons (Fsp3) is 0.460. The molecular weight excluding hydrogens is 791 g/mol. The Hall–Kier alpha value is -5.95. The monoisotopic (exact) mass is 847 g/mol. The summed E-state index contributed by atoms with van der Waals surface area (Å²) in [5, 5.41) is 11.6. The van der Waals surface area contributed by atoms with E-state index in [1.807, 2.05) is 27.7 Å². The molecule has 3 saturated heterocycles. The zero-order valence-corrected chi connectivity index (χ0v) is 37.0. The quantitative estimate of drug-likeness (QED) is 0.127. The zero-order valence-electron chi connectivity index (χ0n) is 37.0. The van der Waals surface area contributed by atoms with Crippen LogP contribution in [0.4, 0.5) is 5.69 Å². The molecule has 3 aromatic carbocycles. The van der Waals surface area contributed by atoms with Gasteiger partial charge in [-0.25, -0.2) is 9.97 Å². The molecule has 4 aliphatic rings. The van der Waals surface area contributed by atoms with E-state index in [9.17, 15) is 14.4 Å². The number of anilines is 1. The third-order valence-electron chi connectivity index (χ3n) is 14.7. The van der Waals surface area contributed by atoms with Crippen LogP contribution in [0.2, 0.25) is 0 Å². The smallest absolute Gasteiger partial charge is 0.315 e. The van der Waals surface area contributed by atoms with Gasteiger partial charge in [-0.05, 0) is 124 Å². The lowest BCUT2D eigenvalue weighted by Crippen LogP contribution is -2.52. The fourth-order valence-corrected chi connectivity index (χ4v) is 10.7. The predicted octanol–water partition coefficient (Wildman–Crippen LogP) is 8.41. The summed E-state index contributed by atoms with van der Waals surface area (Å²) in [5.41, 5.74) is 9.49. The van der Waals surface area contributed by atoms with Crippen LogP contribution in [0.5, 0.6) is 0 Å². The molecule has 1 spiro atoms. The van der Waals surface area contributed by atoms with E-state index in [0.29, 0.717) is 36.0 Å². The molecule has 1 saturated carbocycles. The summed E-state index contributed by atoms with van der Waals surface area (Å²) in [7, 11) is 0. The van der Waals surface area contributed by atoms with E-state index >= 15 is 0 Å². The van der Waals surface area contributed by atoms with Crippen LogP contribution >= 0.6 is 0 Å². The molecule has 3 aliphatic heterocycles. The Morgan fingerprint density at radius 3 is 2.35 bits per heavy atom. The SMILES string of the molecule is Cc1cc(-c2ncnc3[nH]c4cc(N5CCC6(CC5)CCN([C@H]5C[C@H](c7ccc([C@@H]8CCC(=O)NC8=O)cc7)C5)CC6)ccc4c23)ccc1[C@@H](C)NC(=O)c1nc(C(C)(C)C)no1. The van der Waals surface area contributed by atoms with Crippen molar-refractivity contribution in [2.45, 2.75) is 115 Å². The number of rotatable bonds is 8. The van der Waals surface area contributed by atoms with E-state index < -0.39 is 5.91 Å². The second-order valence-corrected chi connectivity index (χ2v) is 19.8. The highest BCUT2D eigenvalue weighted by atomic mass is 16.5.